The highest BCUT2D eigenvalue weighted by molar-refractivity contribution is 4.68. The largest absolute Gasteiger partial charge is 0.396 e. The summed E-state index contributed by atoms with van der Waals surface area (Å²) >= 11 is 0. The third-order valence-electron chi connectivity index (χ3n) is 1.57. The molecule has 0 atom stereocenters. The van der Waals surface area contributed by atoms with Crippen molar-refractivity contribution in [2.45, 2.75) is 13.3 Å². The average molecular weight is 202 g/mol. The van der Waals surface area contributed by atoms with Crippen molar-refractivity contribution in [1.82, 2.24) is 0 Å². The second-order valence-corrected chi connectivity index (χ2v) is 2.75. The van der Waals surface area contributed by atoms with E-state index in [1.54, 1.807) is 12.2 Å². The first-order chi connectivity index (χ1) is 6.76. The molecule has 0 aromatic carbocycles. The third-order valence-corrected chi connectivity index (χ3v) is 1.57. The molecule has 0 bridgehead atoms. The fourth-order valence-electron chi connectivity index (χ4n) is 0.551. The minimum absolute atomic E-state index is 0.0972. The molecule has 3 nitrogen and oxygen atoms in total. The SMILES string of the molecule is C=CCOCC=C.CCC(CO)CO. The van der Waals surface area contributed by atoms with Crippen LogP contribution in [0.3, 0.4) is 0 Å². The summed E-state index contributed by atoms with van der Waals surface area (Å²) in [5, 5.41) is 16.7. The van der Waals surface area contributed by atoms with Crippen LogP contribution in [0.4, 0.5) is 0 Å². The molecule has 0 aliphatic carbocycles. The van der Waals surface area contributed by atoms with E-state index < -0.39 is 0 Å². The molecule has 0 aliphatic heterocycles. The fraction of sp³-hybridized carbons (Fsp3) is 0.636. The lowest BCUT2D eigenvalue weighted by Gasteiger charge is -2.03. The Morgan fingerprint density at radius 3 is 1.71 bits per heavy atom. The summed E-state index contributed by atoms with van der Waals surface area (Å²) < 4.78 is 4.90. The second-order valence-electron chi connectivity index (χ2n) is 2.75. The number of ether oxygens (including phenoxy) is 1. The summed E-state index contributed by atoms with van der Waals surface area (Å²) in [5.74, 6) is 0.0972. The van der Waals surface area contributed by atoms with Gasteiger partial charge >= 0.3 is 0 Å². The Labute approximate surface area is 86.7 Å². The Morgan fingerprint density at radius 2 is 1.57 bits per heavy atom. The van der Waals surface area contributed by atoms with Gasteiger partial charge in [-0.1, -0.05) is 19.1 Å². The Balaban J connectivity index is 0. The van der Waals surface area contributed by atoms with Gasteiger partial charge in [0.15, 0.2) is 0 Å². The molecule has 0 unspecified atom stereocenters. The smallest absolute Gasteiger partial charge is 0.0649 e. The van der Waals surface area contributed by atoms with Gasteiger partial charge in [0.1, 0.15) is 0 Å². The second kappa shape index (κ2) is 14.9. The van der Waals surface area contributed by atoms with Crippen LogP contribution in [0.15, 0.2) is 25.3 Å². The number of aliphatic hydroxyl groups is 2. The number of hydrogen-bond acceptors (Lipinski definition) is 3. The van der Waals surface area contributed by atoms with Gasteiger partial charge in [-0.3, -0.25) is 0 Å². The van der Waals surface area contributed by atoms with E-state index in [2.05, 4.69) is 13.2 Å². The molecule has 0 saturated carbocycles. The number of hydrogen-bond donors (Lipinski definition) is 2. The molecule has 0 heterocycles. The number of rotatable bonds is 7. The minimum atomic E-state index is 0.0972. The van der Waals surface area contributed by atoms with E-state index in [1.807, 2.05) is 6.92 Å². The Hall–Kier alpha value is -0.640. The summed E-state index contributed by atoms with van der Waals surface area (Å²) in [6.07, 6.45) is 4.28. The zero-order chi connectivity index (χ0) is 11.2. The van der Waals surface area contributed by atoms with Gasteiger partial charge in [-0.15, -0.1) is 13.2 Å². The Bertz CT molecular complexity index is 106. The van der Waals surface area contributed by atoms with Gasteiger partial charge in [-0.2, -0.15) is 0 Å². The van der Waals surface area contributed by atoms with Crippen molar-refractivity contribution >= 4 is 0 Å². The molecule has 3 heteroatoms. The van der Waals surface area contributed by atoms with Crippen molar-refractivity contribution < 1.29 is 14.9 Å². The first kappa shape index (κ1) is 15.8. The summed E-state index contributed by atoms with van der Waals surface area (Å²) in [4.78, 5) is 0. The maximum atomic E-state index is 8.37. The van der Waals surface area contributed by atoms with E-state index in [9.17, 15) is 0 Å². The van der Waals surface area contributed by atoms with Gasteiger partial charge < -0.3 is 14.9 Å². The summed E-state index contributed by atoms with van der Waals surface area (Å²) in [7, 11) is 0. The minimum Gasteiger partial charge on any atom is -0.396 e. The molecule has 0 aromatic heterocycles. The molecule has 0 fully saturated rings. The first-order valence-corrected chi connectivity index (χ1v) is 4.77. The average Bonchev–Trinajstić information content (AvgIpc) is 2.22. The van der Waals surface area contributed by atoms with Gasteiger partial charge in [0.05, 0.1) is 13.2 Å². The molecule has 0 saturated heterocycles. The summed E-state index contributed by atoms with van der Waals surface area (Å²) in [6, 6.07) is 0. The van der Waals surface area contributed by atoms with Crippen molar-refractivity contribution in [3.05, 3.63) is 25.3 Å². The van der Waals surface area contributed by atoms with Crippen LogP contribution in [-0.4, -0.2) is 36.6 Å². The van der Waals surface area contributed by atoms with E-state index in [1.165, 1.54) is 0 Å². The topological polar surface area (TPSA) is 49.7 Å². The Kier molecular flexibility index (Phi) is 16.8. The van der Waals surface area contributed by atoms with E-state index in [0.29, 0.717) is 13.2 Å². The lowest BCUT2D eigenvalue weighted by molar-refractivity contribution is 0.147. The normalized spacial score (nSPS) is 9.14. The molecule has 0 radical (unpaired) electrons. The quantitative estimate of drug-likeness (QED) is 0.484. The molecule has 0 aromatic rings. The van der Waals surface area contributed by atoms with E-state index in [0.717, 1.165) is 6.42 Å². The van der Waals surface area contributed by atoms with E-state index in [-0.39, 0.29) is 19.1 Å². The van der Waals surface area contributed by atoms with Gasteiger partial charge in [-0.05, 0) is 6.42 Å². The van der Waals surface area contributed by atoms with E-state index in [4.69, 9.17) is 14.9 Å². The van der Waals surface area contributed by atoms with Crippen LogP contribution < -0.4 is 0 Å². The van der Waals surface area contributed by atoms with Crippen molar-refractivity contribution in [1.29, 1.82) is 0 Å². The molecular weight excluding hydrogens is 180 g/mol. The molecule has 0 spiro atoms. The van der Waals surface area contributed by atoms with Gasteiger partial charge in [0, 0.05) is 19.1 Å². The molecule has 0 aliphatic rings. The summed E-state index contributed by atoms with van der Waals surface area (Å²) in [6.45, 7) is 10.3. The number of aliphatic hydroxyl groups excluding tert-OH is 2. The molecular formula is C11H22O3. The lowest BCUT2D eigenvalue weighted by Crippen LogP contribution is -2.08. The van der Waals surface area contributed by atoms with Crippen LogP contribution in [0.25, 0.3) is 0 Å². The molecule has 0 rings (SSSR count). The van der Waals surface area contributed by atoms with Gasteiger partial charge in [-0.25, -0.2) is 0 Å². The standard InChI is InChI=1S/C6H10O.C5H12O2/c1-3-5-7-6-4-2;1-2-5(3-6)4-7/h3-4H,1-2,5-6H2;5-7H,2-4H2,1H3. The highest BCUT2D eigenvalue weighted by Crippen LogP contribution is 1.96. The predicted molar refractivity (Wildman–Crippen MR) is 59.2 cm³/mol. The third kappa shape index (κ3) is 13.9. The van der Waals surface area contributed by atoms with Gasteiger partial charge in [0.2, 0.25) is 0 Å². The van der Waals surface area contributed by atoms with Gasteiger partial charge in [0.25, 0.3) is 0 Å². The zero-order valence-electron chi connectivity index (χ0n) is 8.98. The maximum Gasteiger partial charge on any atom is 0.0649 e. The summed E-state index contributed by atoms with van der Waals surface area (Å²) in [5.41, 5.74) is 0. The van der Waals surface area contributed by atoms with Crippen LogP contribution in [0.1, 0.15) is 13.3 Å². The highest BCUT2D eigenvalue weighted by atomic mass is 16.5. The molecule has 84 valence electrons. The van der Waals surface area contributed by atoms with Crippen molar-refractivity contribution in [2.75, 3.05) is 26.4 Å². The van der Waals surface area contributed by atoms with Crippen LogP contribution >= 0.6 is 0 Å². The van der Waals surface area contributed by atoms with E-state index >= 15 is 0 Å². The first-order valence-electron chi connectivity index (χ1n) is 4.77. The Morgan fingerprint density at radius 1 is 1.14 bits per heavy atom. The molecule has 0 amide bonds. The molecule has 14 heavy (non-hydrogen) atoms. The highest BCUT2D eigenvalue weighted by Gasteiger charge is 1.98. The predicted octanol–water partition coefficient (Wildman–Crippen LogP) is 1.37. The van der Waals surface area contributed by atoms with Crippen molar-refractivity contribution in [3.8, 4) is 0 Å². The fourth-order valence-corrected chi connectivity index (χ4v) is 0.551. The van der Waals surface area contributed by atoms with Crippen LogP contribution in [0, 0.1) is 5.92 Å². The van der Waals surface area contributed by atoms with Crippen LogP contribution in [0.2, 0.25) is 0 Å². The molecule has 2 N–H and O–H groups in total. The van der Waals surface area contributed by atoms with Crippen molar-refractivity contribution in [3.63, 3.8) is 0 Å². The van der Waals surface area contributed by atoms with Crippen LogP contribution in [-0.2, 0) is 4.74 Å². The lowest BCUT2D eigenvalue weighted by atomic mass is 10.1. The van der Waals surface area contributed by atoms with Crippen LogP contribution in [0.5, 0.6) is 0 Å². The van der Waals surface area contributed by atoms with Crippen molar-refractivity contribution in [2.24, 2.45) is 5.92 Å². The zero-order valence-corrected chi connectivity index (χ0v) is 8.98. The maximum absolute atomic E-state index is 8.37. The monoisotopic (exact) mass is 202 g/mol.